The topological polar surface area (TPSA) is 93.6 Å². The summed E-state index contributed by atoms with van der Waals surface area (Å²) < 4.78 is 6.25. The van der Waals surface area contributed by atoms with E-state index in [1.54, 1.807) is 12.1 Å². The Hall–Kier alpha value is -7.78. The van der Waals surface area contributed by atoms with Crippen molar-refractivity contribution in [3.05, 3.63) is 230 Å². The van der Waals surface area contributed by atoms with Crippen molar-refractivity contribution in [1.82, 2.24) is 29.1 Å². The molecule has 10 rings (SSSR count). The maximum atomic E-state index is 10.8. The summed E-state index contributed by atoms with van der Waals surface area (Å²) in [7, 11) is -0.659. The fourth-order valence-electron chi connectivity index (χ4n) is 7.50. The molecule has 0 bridgehead atoms. The zero-order valence-corrected chi connectivity index (χ0v) is 35.4. The van der Waals surface area contributed by atoms with Gasteiger partial charge in [-0.05, 0) is 41.8 Å². The van der Waals surface area contributed by atoms with Crippen LogP contribution in [0.15, 0.2) is 224 Å². The van der Waals surface area contributed by atoms with Gasteiger partial charge in [0.25, 0.3) is 7.12 Å². The molecule has 8 nitrogen and oxygen atoms in total. The molecule has 3 aromatic heterocycles. The van der Waals surface area contributed by atoms with E-state index in [-0.39, 0.29) is 34.2 Å². The summed E-state index contributed by atoms with van der Waals surface area (Å²) in [6, 6.07) is 75.0. The van der Waals surface area contributed by atoms with Crippen molar-refractivity contribution < 1.29 is 27.0 Å². The van der Waals surface area contributed by atoms with Gasteiger partial charge < -0.3 is 18.9 Å². The Bertz CT molecular complexity index is 2760. The second-order valence-corrected chi connectivity index (χ2v) is 14.7. The average molecular weight is 860 g/mol. The van der Waals surface area contributed by atoms with Crippen LogP contribution in [-0.2, 0) is 17.1 Å². The smallest absolute Gasteiger partial charge is 0.872 e. The third-order valence-electron chi connectivity index (χ3n) is 10.5. The number of benzene rings is 7. The molecule has 0 unspecified atom stereocenters. The Balaban J connectivity index is 0.000000439. The Morgan fingerprint density at radius 1 is 0.397 bits per heavy atom. The molecule has 0 aliphatic rings. The van der Waals surface area contributed by atoms with Gasteiger partial charge in [0.05, 0.1) is 17.1 Å². The number of carbonyl (C=O) groups excluding carboxylic acids is 1. The van der Waals surface area contributed by atoms with Crippen molar-refractivity contribution in [2.45, 2.75) is 6.92 Å². The first kappa shape index (κ1) is 41.9. The number of nitrogens with zero attached hydrogens (tertiary/aromatic N) is 6. The molecule has 10 heteroatoms. The van der Waals surface area contributed by atoms with E-state index >= 15 is 0 Å². The summed E-state index contributed by atoms with van der Waals surface area (Å²) in [5.74, 6) is -0.374. The third-order valence-corrected chi connectivity index (χ3v) is 10.5. The van der Waals surface area contributed by atoms with Gasteiger partial charge in [-0.3, -0.25) is 4.79 Å². The first-order valence-electron chi connectivity index (χ1n) is 20.4. The zero-order valence-electron chi connectivity index (χ0n) is 34.3. The molecule has 0 N–H and O–H groups in total. The van der Waals surface area contributed by atoms with Crippen LogP contribution in [-0.4, -0.2) is 42.0 Å². The van der Waals surface area contributed by atoms with Crippen LogP contribution in [0.5, 0.6) is 5.75 Å². The standard InChI is InChI=1S/C45H33BN6.C8H8O2.Fe/c1-7-19-34(20-8-1)40-31-43(37-25-13-4-14-26-37)50(47-40)46(51-44(38-27-15-5-16-28-38)32-41(48-51)35-21-9-2-10-22-35)52-45(39-29-17-6-18-30-39)33-42(49-52)36-23-11-3-12-24-36;1-6(9)7-4-2-3-5-8(7)10;/h1-33H;2-5,10H,1H3;/q-1;;+2/p-1. The molecule has 0 aliphatic carbocycles. The number of Topliss-reactive ketones (excluding diaryl/α,β-unsaturated/α-hetero) is 1. The molecule has 0 saturated carbocycles. The van der Waals surface area contributed by atoms with Gasteiger partial charge in [-0.25, -0.2) is 15.3 Å². The van der Waals surface area contributed by atoms with Gasteiger partial charge in [0.1, 0.15) is 0 Å². The maximum Gasteiger partial charge on any atom is 2.00 e. The average Bonchev–Trinajstić information content (AvgIpc) is 4.10. The predicted molar refractivity (Wildman–Crippen MR) is 247 cm³/mol. The molecule has 7 aromatic carbocycles. The van der Waals surface area contributed by atoms with Gasteiger partial charge in [0.2, 0.25) is 0 Å². The first-order valence-corrected chi connectivity index (χ1v) is 20.4. The quantitative estimate of drug-likeness (QED) is 0.101. The van der Waals surface area contributed by atoms with E-state index < -0.39 is 7.12 Å². The SMILES string of the molecule is CC(=O)c1ccccc1[O-].[Fe+2].c1ccc(-c2cc(-c3ccccc3)n([B-](n3nc(-c4ccccc4)cc3-c3ccccc3)n3nc(-c4ccccc4)cc3-c3ccccc3)n2)cc1. The second-order valence-electron chi connectivity index (χ2n) is 14.7. The molecule has 0 amide bonds. The molecular weight excluding hydrogens is 819 g/mol. The summed E-state index contributed by atoms with van der Waals surface area (Å²) in [6.45, 7) is 1.39. The number of aromatic nitrogens is 6. The molecule has 63 heavy (non-hydrogen) atoms. The van der Waals surface area contributed by atoms with Crippen molar-refractivity contribution in [1.29, 1.82) is 0 Å². The van der Waals surface area contributed by atoms with Crippen LogP contribution in [0.4, 0.5) is 0 Å². The van der Waals surface area contributed by atoms with Gasteiger partial charge >= 0.3 is 17.1 Å². The van der Waals surface area contributed by atoms with Gasteiger partial charge in [-0.2, -0.15) is 0 Å². The minimum Gasteiger partial charge on any atom is -0.872 e. The van der Waals surface area contributed by atoms with E-state index in [1.165, 1.54) is 19.1 Å². The molecule has 0 atom stereocenters. The van der Waals surface area contributed by atoms with Crippen molar-refractivity contribution >= 4 is 12.9 Å². The molecule has 305 valence electrons. The van der Waals surface area contributed by atoms with E-state index in [0.29, 0.717) is 0 Å². The Morgan fingerprint density at radius 3 is 0.905 bits per heavy atom. The number of hydrogen-bond acceptors (Lipinski definition) is 5. The predicted octanol–water partition coefficient (Wildman–Crippen LogP) is 11.2. The molecule has 0 aliphatic heterocycles. The molecule has 1 radical (unpaired) electrons. The number of carbonyl (C=O) groups is 1. The maximum absolute atomic E-state index is 10.8. The number of para-hydroxylation sites is 1. The summed E-state index contributed by atoms with van der Waals surface area (Å²) in [6.07, 6.45) is 0. The summed E-state index contributed by atoms with van der Waals surface area (Å²) >= 11 is 0. The Kier molecular flexibility index (Phi) is 12.8. The molecule has 0 saturated heterocycles. The van der Waals surface area contributed by atoms with Gasteiger partial charge in [0, 0.05) is 39.3 Å². The van der Waals surface area contributed by atoms with Gasteiger partial charge in [-0.15, -0.1) is 0 Å². The van der Waals surface area contributed by atoms with Gasteiger partial charge in [-0.1, -0.05) is 212 Å². The van der Waals surface area contributed by atoms with Crippen LogP contribution in [0, 0.1) is 0 Å². The van der Waals surface area contributed by atoms with E-state index in [0.717, 1.165) is 67.5 Å². The largest absolute Gasteiger partial charge is 2.00 e. The van der Waals surface area contributed by atoms with E-state index in [9.17, 15) is 9.90 Å². The van der Waals surface area contributed by atoms with Gasteiger partial charge in [0.15, 0.2) is 5.78 Å². The minimum atomic E-state index is -0.659. The molecule has 3 heterocycles. The fourth-order valence-corrected chi connectivity index (χ4v) is 7.50. The molecule has 0 fully saturated rings. The first-order chi connectivity index (χ1) is 30.5. The fraction of sp³-hybridized carbons (Fsp3) is 0.0189. The van der Waals surface area contributed by atoms with Crippen molar-refractivity contribution in [2.24, 2.45) is 0 Å². The third kappa shape index (κ3) is 9.14. The van der Waals surface area contributed by atoms with Crippen LogP contribution in [0.25, 0.3) is 67.5 Å². The minimum absolute atomic E-state index is 0. The Labute approximate surface area is 377 Å². The normalized spacial score (nSPS) is 10.8. The number of rotatable bonds is 10. The summed E-state index contributed by atoms with van der Waals surface area (Å²) in [5, 5.41) is 27.2. The van der Waals surface area contributed by atoms with Crippen molar-refractivity contribution in [2.75, 3.05) is 0 Å². The summed E-state index contributed by atoms with van der Waals surface area (Å²) in [4.78, 5) is 10.7. The van der Waals surface area contributed by atoms with E-state index in [4.69, 9.17) is 15.3 Å². The van der Waals surface area contributed by atoms with Crippen LogP contribution in [0.1, 0.15) is 17.3 Å². The molecule has 0 spiro atoms. The Morgan fingerprint density at radius 2 is 0.651 bits per heavy atom. The van der Waals surface area contributed by atoms with Crippen LogP contribution in [0.2, 0.25) is 0 Å². The molecule has 10 aromatic rings. The van der Waals surface area contributed by atoms with Crippen LogP contribution < -0.4 is 5.11 Å². The van der Waals surface area contributed by atoms with Crippen molar-refractivity contribution in [3.63, 3.8) is 0 Å². The zero-order chi connectivity index (χ0) is 42.3. The van der Waals surface area contributed by atoms with Crippen LogP contribution in [0.3, 0.4) is 0 Å². The molecular formula is C53H40BFeN6O2. The second kappa shape index (κ2) is 19.3. The van der Waals surface area contributed by atoms with E-state index in [1.807, 2.05) is 72.8 Å². The number of ketones is 1. The van der Waals surface area contributed by atoms with Crippen molar-refractivity contribution in [3.8, 4) is 73.3 Å². The summed E-state index contributed by atoms with van der Waals surface area (Å²) in [5.41, 5.74) is 11.9. The van der Waals surface area contributed by atoms with E-state index in [2.05, 4.69) is 141 Å². The number of hydrogen-bond donors (Lipinski definition) is 0. The van der Waals surface area contributed by atoms with Crippen LogP contribution >= 0.6 is 0 Å². The monoisotopic (exact) mass is 859 g/mol.